The molecule has 0 radical (unpaired) electrons. The maximum absolute atomic E-state index is 13.8. The number of amides is 2. The molecule has 0 aliphatic carbocycles. The Labute approximate surface area is 193 Å². The largest absolute Gasteiger partial charge is 0.497 e. The first kappa shape index (κ1) is 21.5. The van der Waals surface area contributed by atoms with Crippen LogP contribution in [0.1, 0.15) is 49.0 Å². The van der Waals surface area contributed by atoms with Crippen molar-refractivity contribution in [2.45, 2.75) is 37.6 Å². The predicted octanol–water partition coefficient (Wildman–Crippen LogP) is 3.89. The Kier molecular flexibility index (Phi) is 5.79. The van der Waals surface area contributed by atoms with E-state index in [9.17, 15) is 9.59 Å². The highest BCUT2D eigenvalue weighted by molar-refractivity contribution is 5.85. The molecule has 2 aromatic carbocycles. The standard InChI is InChI=1S/C26H30N4O3/c1-29-23(31)14-13-20(24(29)17-9-11-19(33-2)12-10-17)26(32)30-15-5-6-18(16-30)25-27-21-7-3-4-8-22(21)28-25/h3-4,7-12,18,20,24H,5-6,13-16H2,1-2H3,(H,27,28). The van der Waals surface area contributed by atoms with Crippen LogP contribution in [-0.2, 0) is 9.59 Å². The molecule has 33 heavy (non-hydrogen) atoms. The number of benzene rings is 2. The lowest BCUT2D eigenvalue weighted by molar-refractivity contribution is -0.147. The summed E-state index contributed by atoms with van der Waals surface area (Å²) in [6.07, 6.45) is 2.93. The van der Waals surface area contributed by atoms with Gasteiger partial charge in [0.1, 0.15) is 11.6 Å². The van der Waals surface area contributed by atoms with Crippen molar-refractivity contribution < 1.29 is 14.3 Å². The maximum Gasteiger partial charge on any atom is 0.228 e. The summed E-state index contributed by atoms with van der Waals surface area (Å²) in [5.41, 5.74) is 2.96. The van der Waals surface area contributed by atoms with Gasteiger partial charge in [0.05, 0.1) is 30.1 Å². The van der Waals surface area contributed by atoms with E-state index in [2.05, 4.69) is 4.98 Å². The molecule has 3 heterocycles. The normalized spacial score (nSPS) is 23.7. The van der Waals surface area contributed by atoms with Gasteiger partial charge in [-0.25, -0.2) is 4.98 Å². The van der Waals surface area contributed by atoms with Crippen LogP contribution in [0.5, 0.6) is 5.75 Å². The van der Waals surface area contributed by atoms with E-state index >= 15 is 0 Å². The van der Waals surface area contributed by atoms with Crippen LogP contribution in [0.15, 0.2) is 48.5 Å². The van der Waals surface area contributed by atoms with E-state index in [4.69, 9.17) is 9.72 Å². The van der Waals surface area contributed by atoms with Gasteiger partial charge in [0.15, 0.2) is 0 Å². The van der Waals surface area contributed by atoms with E-state index in [1.165, 1.54) is 0 Å². The number of nitrogens with one attached hydrogen (secondary N) is 1. The first-order chi connectivity index (χ1) is 16.0. The third kappa shape index (κ3) is 4.08. The summed E-state index contributed by atoms with van der Waals surface area (Å²) in [4.78, 5) is 38.3. The number of fused-ring (bicyclic) bond motifs is 1. The topological polar surface area (TPSA) is 78.5 Å². The molecule has 2 saturated heterocycles. The second kappa shape index (κ2) is 8.89. The summed E-state index contributed by atoms with van der Waals surface area (Å²) in [6.45, 7) is 1.40. The molecule has 2 aliphatic heterocycles. The Balaban J connectivity index is 1.38. The van der Waals surface area contributed by atoms with Gasteiger partial charge in [-0.2, -0.15) is 0 Å². The molecule has 172 valence electrons. The van der Waals surface area contributed by atoms with Gasteiger partial charge in [-0.3, -0.25) is 9.59 Å². The monoisotopic (exact) mass is 446 g/mol. The lowest BCUT2D eigenvalue weighted by Crippen LogP contribution is -2.49. The number of carbonyl (C=O) groups is 2. The first-order valence-electron chi connectivity index (χ1n) is 11.7. The summed E-state index contributed by atoms with van der Waals surface area (Å²) in [5.74, 6) is 1.87. The number of nitrogens with zero attached hydrogens (tertiary/aromatic N) is 3. The van der Waals surface area contributed by atoms with Gasteiger partial charge >= 0.3 is 0 Å². The predicted molar refractivity (Wildman–Crippen MR) is 126 cm³/mol. The molecule has 0 bridgehead atoms. The van der Waals surface area contributed by atoms with Gasteiger partial charge in [0.2, 0.25) is 11.8 Å². The van der Waals surface area contributed by atoms with E-state index < -0.39 is 0 Å². The molecular formula is C26H30N4O3. The molecule has 2 amide bonds. The smallest absolute Gasteiger partial charge is 0.228 e. The van der Waals surface area contributed by atoms with Crippen LogP contribution >= 0.6 is 0 Å². The summed E-state index contributed by atoms with van der Waals surface area (Å²) in [5, 5.41) is 0. The lowest BCUT2D eigenvalue weighted by atomic mass is 9.83. The van der Waals surface area contributed by atoms with Crippen LogP contribution < -0.4 is 4.74 Å². The number of piperidine rings is 2. The number of carbonyl (C=O) groups excluding carboxylic acids is 2. The van der Waals surface area contributed by atoms with E-state index in [1.807, 2.05) is 60.5 Å². The Hall–Kier alpha value is -3.35. The molecule has 1 aromatic heterocycles. The van der Waals surface area contributed by atoms with Crippen molar-refractivity contribution in [1.29, 1.82) is 0 Å². The molecule has 0 spiro atoms. The van der Waals surface area contributed by atoms with Crippen LogP contribution in [-0.4, -0.2) is 58.8 Å². The van der Waals surface area contributed by atoms with Gasteiger partial charge in [-0.15, -0.1) is 0 Å². The third-order valence-electron chi connectivity index (χ3n) is 7.16. The molecule has 2 fully saturated rings. The number of ether oxygens (including phenoxy) is 1. The highest BCUT2D eigenvalue weighted by Crippen LogP contribution is 2.38. The van der Waals surface area contributed by atoms with E-state index in [0.717, 1.165) is 47.6 Å². The molecule has 7 nitrogen and oxygen atoms in total. The van der Waals surface area contributed by atoms with Gasteiger partial charge in [0, 0.05) is 32.5 Å². The number of hydrogen-bond acceptors (Lipinski definition) is 4. The van der Waals surface area contributed by atoms with Crippen LogP contribution in [0.4, 0.5) is 0 Å². The molecule has 5 rings (SSSR count). The van der Waals surface area contributed by atoms with E-state index in [-0.39, 0.29) is 29.7 Å². The fraction of sp³-hybridized carbons (Fsp3) is 0.423. The van der Waals surface area contributed by atoms with Crippen LogP contribution in [0.2, 0.25) is 0 Å². The number of imidazole rings is 1. The maximum atomic E-state index is 13.8. The fourth-order valence-electron chi connectivity index (χ4n) is 5.35. The number of aromatic amines is 1. The zero-order valence-corrected chi connectivity index (χ0v) is 19.2. The number of likely N-dealkylation sites (tertiary alicyclic amines) is 2. The van der Waals surface area contributed by atoms with Crippen molar-refractivity contribution in [3.63, 3.8) is 0 Å². The van der Waals surface area contributed by atoms with Gasteiger partial charge in [-0.05, 0) is 49.1 Å². The molecule has 3 atom stereocenters. The minimum Gasteiger partial charge on any atom is -0.497 e. The van der Waals surface area contributed by atoms with Crippen molar-refractivity contribution in [1.82, 2.24) is 19.8 Å². The summed E-state index contributed by atoms with van der Waals surface area (Å²) in [7, 11) is 3.44. The van der Waals surface area contributed by atoms with Crippen molar-refractivity contribution >= 4 is 22.8 Å². The fourth-order valence-corrected chi connectivity index (χ4v) is 5.35. The molecule has 0 saturated carbocycles. The second-order valence-corrected chi connectivity index (χ2v) is 9.13. The number of H-pyrrole nitrogens is 1. The van der Waals surface area contributed by atoms with Gasteiger partial charge in [0.25, 0.3) is 0 Å². The van der Waals surface area contributed by atoms with E-state index in [0.29, 0.717) is 19.4 Å². The number of aromatic nitrogens is 2. The summed E-state index contributed by atoms with van der Waals surface area (Å²) in [6, 6.07) is 15.5. The van der Waals surface area contributed by atoms with Crippen molar-refractivity contribution in [2.75, 3.05) is 27.2 Å². The minimum atomic E-state index is -0.267. The average Bonchev–Trinajstić information content (AvgIpc) is 3.30. The van der Waals surface area contributed by atoms with Crippen LogP contribution in [0.25, 0.3) is 11.0 Å². The van der Waals surface area contributed by atoms with Crippen molar-refractivity contribution in [2.24, 2.45) is 5.92 Å². The van der Waals surface area contributed by atoms with Gasteiger partial charge < -0.3 is 19.5 Å². The molecule has 3 unspecified atom stereocenters. The zero-order valence-electron chi connectivity index (χ0n) is 19.2. The zero-order chi connectivity index (χ0) is 22.9. The highest BCUT2D eigenvalue weighted by atomic mass is 16.5. The number of rotatable bonds is 4. The van der Waals surface area contributed by atoms with Crippen LogP contribution in [0, 0.1) is 5.92 Å². The van der Waals surface area contributed by atoms with Gasteiger partial charge in [-0.1, -0.05) is 24.3 Å². The van der Waals surface area contributed by atoms with Crippen molar-refractivity contribution in [3.8, 4) is 5.75 Å². The lowest BCUT2D eigenvalue weighted by Gasteiger charge is -2.42. The molecule has 3 aromatic rings. The van der Waals surface area contributed by atoms with Crippen LogP contribution in [0.3, 0.4) is 0 Å². The molecular weight excluding hydrogens is 416 g/mol. The summed E-state index contributed by atoms with van der Waals surface area (Å²) >= 11 is 0. The Bertz CT molecular complexity index is 1120. The average molecular weight is 447 g/mol. The quantitative estimate of drug-likeness (QED) is 0.660. The minimum absolute atomic E-state index is 0.0821. The van der Waals surface area contributed by atoms with Crippen molar-refractivity contribution in [3.05, 3.63) is 59.9 Å². The number of methoxy groups -OCH3 is 1. The van der Waals surface area contributed by atoms with E-state index in [1.54, 1.807) is 12.0 Å². The molecule has 2 aliphatic rings. The molecule has 1 N–H and O–H groups in total. The second-order valence-electron chi connectivity index (χ2n) is 9.13. The molecule has 7 heteroatoms. The Morgan fingerprint density at radius 2 is 1.91 bits per heavy atom. The summed E-state index contributed by atoms with van der Waals surface area (Å²) < 4.78 is 5.28. The number of hydrogen-bond donors (Lipinski definition) is 1. The SMILES string of the molecule is COc1ccc(C2C(C(=O)N3CCCC(c4nc5ccccc5[nH]4)C3)CCC(=O)N2C)cc1. The highest BCUT2D eigenvalue weighted by Gasteiger charge is 2.41. The number of para-hydroxylation sites is 2. The Morgan fingerprint density at radius 1 is 1.12 bits per heavy atom. The Morgan fingerprint density at radius 3 is 2.67 bits per heavy atom. The first-order valence-corrected chi connectivity index (χ1v) is 11.7. The third-order valence-corrected chi connectivity index (χ3v) is 7.16.